The maximum Gasteiger partial charge on any atom is 0.220 e. The third-order valence-corrected chi connectivity index (χ3v) is 4.04. The number of nitrogens with one attached hydrogen (secondary N) is 1. The number of hydrogen-bond donors (Lipinski definition) is 1. The highest BCUT2D eigenvalue weighted by Crippen LogP contribution is 2.34. The number of hydrogen-bond acceptors (Lipinski definition) is 1. The van der Waals surface area contributed by atoms with Crippen LogP contribution in [0.1, 0.15) is 17.5 Å². The van der Waals surface area contributed by atoms with Crippen LogP contribution < -0.4 is 5.32 Å². The molecule has 0 bridgehead atoms. The van der Waals surface area contributed by atoms with Crippen molar-refractivity contribution in [3.63, 3.8) is 0 Å². The number of carbonyl (C=O) groups excluding carboxylic acids is 1. The van der Waals surface area contributed by atoms with E-state index in [1.54, 1.807) is 0 Å². The molecule has 102 valence electrons. The molecule has 0 unspecified atom stereocenters. The highest BCUT2D eigenvalue weighted by molar-refractivity contribution is 5.79. The first-order valence-electron chi connectivity index (χ1n) is 7.10. The number of carbonyl (C=O) groups is 1. The van der Waals surface area contributed by atoms with Crippen molar-refractivity contribution in [3.05, 3.63) is 71.8 Å². The second-order valence-corrected chi connectivity index (χ2v) is 5.78. The van der Waals surface area contributed by atoms with Gasteiger partial charge in [-0.15, -0.1) is 0 Å². The standard InChI is InChI=1S/C18H19NO/c20-17-13-18(14-19-17,11-15-7-3-1-4-8-15)12-16-9-5-2-6-10-16/h1-10H,11-14H2,(H,19,20). The molecule has 1 aliphatic heterocycles. The van der Waals surface area contributed by atoms with Gasteiger partial charge in [0.25, 0.3) is 0 Å². The van der Waals surface area contributed by atoms with E-state index in [4.69, 9.17) is 0 Å². The summed E-state index contributed by atoms with van der Waals surface area (Å²) < 4.78 is 0. The van der Waals surface area contributed by atoms with Crippen molar-refractivity contribution >= 4 is 5.91 Å². The Morgan fingerprint density at radius 3 is 1.75 bits per heavy atom. The van der Waals surface area contributed by atoms with E-state index in [1.165, 1.54) is 11.1 Å². The number of amides is 1. The third kappa shape index (κ3) is 2.90. The normalized spacial score (nSPS) is 16.9. The lowest BCUT2D eigenvalue weighted by molar-refractivity contribution is -0.119. The molecule has 0 spiro atoms. The molecule has 0 saturated carbocycles. The summed E-state index contributed by atoms with van der Waals surface area (Å²) in [5.74, 6) is 0.178. The van der Waals surface area contributed by atoms with E-state index in [2.05, 4.69) is 53.8 Å². The van der Waals surface area contributed by atoms with Crippen molar-refractivity contribution in [2.24, 2.45) is 5.41 Å². The van der Waals surface area contributed by atoms with Gasteiger partial charge < -0.3 is 5.32 Å². The van der Waals surface area contributed by atoms with Gasteiger partial charge in [0.1, 0.15) is 0 Å². The molecule has 0 aliphatic carbocycles. The SMILES string of the molecule is O=C1CC(Cc2ccccc2)(Cc2ccccc2)CN1. The molecule has 1 aliphatic rings. The molecular formula is C18H19NO. The van der Waals surface area contributed by atoms with Crippen LogP contribution in [0.2, 0.25) is 0 Å². The molecule has 1 amide bonds. The van der Waals surface area contributed by atoms with Gasteiger partial charge in [0, 0.05) is 18.4 Å². The Bertz CT molecular complexity index is 535. The van der Waals surface area contributed by atoms with Crippen LogP contribution in [0.25, 0.3) is 0 Å². The molecule has 2 heteroatoms. The van der Waals surface area contributed by atoms with Gasteiger partial charge in [0.05, 0.1) is 0 Å². The van der Waals surface area contributed by atoms with Crippen molar-refractivity contribution < 1.29 is 4.79 Å². The van der Waals surface area contributed by atoms with Crippen LogP contribution in [-0.4, -0.2) is 12.5 Å². The van der Waals surface area contributed by atoms with Crippen molar-refractivity contribution in [1.29, 1.82) is 0 Å². The van der Waals surface area contributed by atoms with Gasteiger partial charge in [0.15, 0.2) is 0 Å². The van der Waals surface area contributed by atoms with Crippen LogP contribution in [0.15, 0.2) is 60.7 Å². The Balaban J connectivity index is 1.84. The van der Waals surface area contributed by atoms with Crippen LogP contribution in [0.4, 0.5) is 0 Å². The van der Waals surface area contributed by atoms with Crippen molar-refractivity contribution in [2.45, 2.75) is 19.3 Å². The maximum atomic E-state index is 11.7. The van der Waals surface area contributed by atoms with Crippen LogP contribution >= 0.6 is 0 Å². The van der Waals surface area contributed by atoms with Crippen LogP contribution in [-0.2, 0) is 17.6 Å². The van der Waals surface area contributed by atoms with E-state index in [-0.39, 0.29) is 11.3 Å². The average molecular weight is 265 g/mol. The lowest BCUT2D eigenvalue weighted by atomic mass is 9.76. The van der Waals surface area contributed by atoms with Gasteiger partial charge in [-0.05, 0) is 24.0 Å². The molecule has 0 atom stereocenters. The fraction of sp³-hybridized carbons (Fsp3) is 0.278. The zero-order chi connectivity index (χ0) is 13.8. The zero-order valence-corrected chi connectivity index (χ0v) is 11.5. The lowest BCUT2D eigenvalue weighted by Crippen LogP contribution is -2.29. The Kier molecular flexibility index (Phi) is 3.55. The zero-order valence-electron chi connectivity index (χ0n) is 11.5. The van der Waals surface area contributed by atoms with Gasteiger partial charge >= 0.3 is 0 Å². The second kappa shape index (κ2) is 5.49. The quantitative estimate of drug-likeness (QED) is 0.904. The highest BCUT2D eigenvalue weighted by atomic mass is 16.1. The first-order valence-corrected chi connectivity index (χ1v) is 7.10. The Hall–Kier alpha value is -2.09. The molecule has 1 N–H and O–H groups in total. The van der Waals surface area contributed by atoms with Crippen LogP contribution in [0.5, 0.6) is 0 Å². The van der Waals surface area contributed by atoms with E-state index in [1.807, 2.05) is 12.1 Å². The average Bonchev–Trinajstić information content (AvgIpc) is 2.82. The molecule has 0 aromatic heterocycles. The van der Waals surface area contributed by atoms with Gasteiger partial charge in [-0.3, -0.25) is 4.79 Å². The van der Waals surface area contributed by atoms with Gasteiger partial charge in [-0.2, -0.15) is 0 Å². The summed E-state index contributed by atoms with van der Waals surface area (Å²) in [6.45, 7) is 0.773. The summed E-state index contributed by atoms with van der Waals surface area (Å²) in [5, 5.41) is 3.01. The van der Waals surface area contributed by atoms with E-state index in [0.717, 1.165) is 19.4 Å². The van der Waals surface area contributed by atoms with Gasteiger partial charge in [-0.1, -0.05) is 60.7 Å². The summed E-state index contributed by atoms with van der Waals surface area (Å²) in [5.41, 5.74) is 2.62. The van der Waals surface area contributed by atoms with Gasteiger partial charge in [0.2, 0.25) is 5.91 Å². The Morgan fingerprint density at radius 2 is 1.35 bits per heavy atom. The van der Waals surface area contributed by atoms with E-state index in [0.29, 0.717) is 6.42 Å². The summed E-state index contributed by atoms with van der Waals surface area (Å²) in [4.78, 5) is 11.7. The molecule has 3 rings (SSSR count). The van der Waals surface area contributed by atoms with Crippen LogP contribution in [0, 0.1) is 5.41 Å². The first-order chi connectivity index (χ1) is 9.76. The Morgan fingerprint density at radius 1 is 0.850 bits per heavy atom. The molecule has 1 heterocycles. The fourth-order valence-electron chi connectivity index (χ4n) is 3.12. The summed E-state index contributed by atoms with van der Waals surface area (Å²) >= 11 is 0. The number of rotatable bonds is 4. The molecule has 20 heavy (non-hydrogen) atoms. The fourth-order valence-corrected chi connectivity index (χ4v) is 3.12. The van der Waals surface area contributed by atoms with Crippen LogP contribution in [0.3, 0.4) is 0 Å². The minimum atomic E-state index is 0.0137. The maximum absolute atomic E-state index is 11.7. The molecule has 2 nitrogen and oxygen atoms in total. The van der Waals surface area contributed by atoms with Crippen molar-refractivity contribution in [2.75, 3.05) is 6.54 Å². The molecular weight excluding hydrogens is 246 g/mol. The highest BCUT2D eigenvalue weighted by Gasteiger charge is 2.38. The predicted molar refractivity (Wildman–Crippen MR) is 80.4 cm³/mol. The van der Waals surface area contributed by atoms with Gasteiger partial charge in [-0.25, -0.2) is 0 Å². The summed E-state index contributed by atoms with van der Waals surface area (Å²) in [7, 11) is 0. The van der Waals surface area contributed by atoms with Crippen molar-refractivity contribution in [1.82, 2.24) is 5.32 Å². The number of benzene rings is 2. The van der Waals surface area contributed by atoms with E-state index in [9.17, 15) is 4.79 Å². The molecule has 2 aromatic carbocycles. The minimum Gasteiger partial charge on any atom is -0.355 e. The smallest absolute Gasteiger partial charge is 0.220 e. The topological polar surface area (TPSA) is 29.1 Å². The Labute approximate surface area is 119 Å². The minimum absolute atomic E-state index is 0.0137. The molecule has 2 aromatic rings. The largest absolute Gasteiger partial charge is 0.355 e. The predicted octanol–water partition coefficient (Wildman–Crippen LogP) is 2.98. The first kappa shape index (κ1) is 12.9. The monoisotopic (exact) mass is 265 g/mol. The third-order valence-electron chi connectivity index (χ3n) is 4.04. The second-order valence-electron chi connectivity index (χ2n) is 5.78. The molecule has 1 saturated heterocycles. The van der Waals surface area contributed by atoms with E-state index < -0.39 is 0 Å². The molecule has 0 radical (unpaired) electrons. The summed E-state index contributed by atoms with van der Waals surface area (Å²) in [6, 6.07) is 20.9. The van der Waals surface area contributed by atoms with E-state index >= 15 is 0 Å². The van der Waals surface area contributed by atoms with Crippen molar-refractivity contribution in [3.8, 4) is 0 Å². The lowest BCUT2D eigenvalue weighted by Gasteiger charge is -2.27. The molecule has 1 fully saturated rings. The summed E-state index contributed by atoms with van der Waals surface area (Å²) in [6.07, 6.45) is 2.51.